The van der Waals surface area contributed by atoms with Crippen molar-refractivity contribution in [3.8, 4) is 0 Å². The lowest BCUT2D eigenvalue weighted by molar-refractivity contribution is -0.109. The van der Waals surface area contributed by atoms with E-state index in [-0.39, 0.29) is 6.61 Å². The molecular weight excluding hydrogens is 329 g/mol. The maximum absolute atomic E-state index is 11.4. The van der Waals surface area contributed by atoms with E-state index in [0.717, 1.165) is 18.5 Å². The number of rotatable bonds is 8. The van der Waals surface area contributed by atoms with E-state index in [9.17, 15) is 14.3 Å². The fraction of sp³-hybridized carbons (Fsp3) is 0.235. The first-order valence-corrected chi connectivity index (χ1v) is 8.83. The van der Waals surface area contributed by atoms with E-state index in [1.807, 2.05) is 60.5 Å². The predicted octanol–water partition coefficient (Wildman–Crippen LogP) is 3.50. The topological polar surface area (TPSA) is 76.1 Å². The first-order chi connectivity index (χ1) is 11.5. The van der Waals surface area contributed by atoms with Crippen LogP contribution in [0, 0.1) is 0 Å². The van der Waals surface area contributed by atoms with Crippen molar-refractivity contribution in [2.75, 3.05) is 25.7 Å². The van der Waals surface area contributed by atoms with Crippen LogP contribution in [0.2, 0.25) is 0 Å². The van der Waals surface area contributed by atoms with Crippen LogP contribution >= 0.6 is 7.82 Å². The van der Waals surface area contributed by atoms with E-state index in [1.54, 1.807) is 6.07 Å². The largest absolute Gasteiger partial charge is 0.471 e. The number of hydrogen-bond acceptors (Lipinski definition) is 5. The highest BCUT2D eigenvalue weighted by atomic mass is 31.2. The third-order valence-corrected chi connectivity index (χ3v) is 4.58. The Morgan fingerprint density at radius 1 is 1.17 bits per heavy atom. The fourth-order valence-electron chi connectivity index (χ4n) is 2.21. The van der Waals surface area contributed by atoms with Crippen molar-refractivity contribution in [3.63, 3.8) is 0 Å². The Balaban J connectivity index is 2.19. The van der Waals surface area contributed by atoms with Crippen LogP contribution < -0.4 is 4.90 Å². The van der Waals surface area contributed by atoms with Gasteiger partial charge in [0.05, 0.1) is 12.5 Å². The van der Waals surface area contributed by atoms with E-state index in [4.69, 9.17) is 4.52 Å². The number of carbonyl (C=O) groups is 1. The van der Waals surface area contributed by atoms with Crippen LogP contribution in [0.25, 0.3) is 0 Å². The average Bonchev–Trinajstić information content (AvgIpc) is 2.62. The van der Waals surface area contributed by atoms with Crippen LogP contribution in [0.4, 0.5) is 11.4 Å². The highest BCUT2D eigenvalue weighted by molar-refractivity contribution is 7.47. The molecule has 0 amide bonds. The molecule has 7 heteroatoms. The first kappa shape index (κ1) is 18.4. The van der Waals surface area contributed by atoms with Crippen LogP contribution in [0.1, 0.15) is 11.5 Å². The van der Waals surface area contributed by atoms with Crippen LogP contribution in [-0.4, -0.2) is 31.9 Å². The number of hydrogen-bond donors (Lipinski definition) is 1. The molecule has 0 saturated carbocycles. The van der Waals surface area contributed by atoms with Crippen LogP contribution in [-0.2, 0) is 18.4 Å². The third kappa shape index (κ3) is 4.76. The summed E-state index contributed by atoms with van der Waals surface area (Å²) in [6.07, 6.45) is 0.692. The molecule has 24 heavy (non-hydrogen) atoms. The van der Waals surface area contributed by atoms with Gasteiger partial charge in [-0.25, -0.2) is 4.57 Å². The molecule has 2 rings (SSSR count). The molecule has 0 heterocycles. The van der Waals surface area contributed by atoms with E-state index in [0.29, 0.717) is 11.8 Å². The fourth-order valence-corrected chi connectivity index (χ4v) is 2.66. The van der Waals surface area contributed by atoms with Crippen molar-refractivity contribution < 1.29 is 23.3 Å². The Morgan fingerprint density at radius 2 is 1.83 bits per heavy atom. The molecule has 128 valence electrons. The molecule has 2 aromatic rings. The minimum Gasteiger partial charge on any atom is -0.345 e. The molecule has 0 bridgehead atoms. The van der Waals surface area contributed by atoms with Gasteiger partial charge in [0.2, 0.25) is 0 Å². The monoisotopic (exact) mass is 349 g/mol. The Labute approximate surface area is 141 Å². The maximum Gasteiger partial charge on any atom is 0.471 e. The molecule has 0 aliphatic heterocycles. The third-order valence-electron chi connectivity index (χ3n) is 3.64. The van der Waals surface area contributed by atoms with Gasteiger partial charge in [-0.1, -0.05) is 30.3 Å². The SMILES string of the molecule is COP(=O)(O)OCC(C=O)c1cccc(N(C)c2ccccc2)c1. The normalized spacial score (nSPS) is 14.6. The summed E-state index contributed by atoms with van der Waals surface area (Å²) in [6, 6.07) is 17.2. The summed E-state index contributed by atoms with van der Waals surface area (Å²) >= 11 is 0. The molecule has 2 unspecified atom stereocenters. The molecular formula is C17H20NO5P. The lowest BCUT2D eigenvalue weighted by atomic mass is 10.0. The molecule has 2 aromatic carbocycles. The Kier molecular flexibility index (Phi) is 6.29. The second-order valence-corrected chi connectivity index (χ2v) is 6.74. The van der Waals surface area contributed by atoms with Gasteiger partial charge < -0.3 is 14.6 Å². The summed E-state index contributed by atoms with van der Waals surface area (Å²) in [5, 5.41) is 0. The summed E-state index contributed by atoms with van der Waals surface area (Å²) in [7, 11) is -1.11. The summed E-state index contributed by atoms with van der Waals surface area (Å²) in [5.41, 5.74) is 2.60. The van der Waals surface area contributed by atoms with Crippen molar-refractivity contribution in [1.29, 1.82) is 0 Å². The van der Waals surface area contributed by atoms with Gasteiger partial charge >= 0.3 is 7.82 Å². The number of nitrogens with zero attached hydrogens (tertiary/aromatic N) is 1. The highest BCUT2D eigenvalue weighted by Crippen LogP contribution is 2.43. The van der Waals surface area contributed by atoms with Crippen LogP contribution in [0.3, 0.4) is 0 Å². The van der Waals surface area contributed by atoms with E-state index >= 15 is 0 Å². The molecule has 0 aliphatic rings. The lowest BCUT2D eigenvalue weighted by Gasteiger charge is -2.21. The number of carbonyl (C=O) groups excluding carboxylic acids is 1. The smallest absolute Gasteiger partial charge is 0.345 e. The van der Waals surface area contributed by atoms with Gasteiger partial charge in [0.1, 0.15) is 6.29 Å². The number of anilines is 2. The van der Waals surface area contributed by atoms with E-state index < -0.39 is 13.7 Å². The van der Waals surface area contributed by atoms with Gasteiger partial charge in [-0.05, 0) is 29.8 Å². The summed E-state index contributed by atoms with van der Waals surface area (Å²) in [6.45, 7) is -0.233. The van der Waals surface area contributed by atoms with Gasteiger partial charge in [0.25, 0.3) is 0 Å². The minimum atomic E-state index is -4.11. The number of para-hydroxylation sites is 1. The maximum atomic E-state index is 11.4. The predicted molar refractivity (Wildman–Crippen MR) is 92.5 cm³/mol. The van der Waals surface area contributed by atoms with Crippen molar-refractivity contribution in [2.24, 2.45) is 0 Å². The molecule has 0 fully saturated rings. The Bertz CT molecular complexity index is 722. The number of aldehydes is 1. The van der Waals surface area contributed by atoms with Crippen molar-refractivity contribution in [3.05, 3.63) is 60.2 Å². The minimum absolute atomic E-state index is 0.233. The van der Waals surface area contributed by atoms with Gasteiger partial charge in [0, 0.05) is 25.5 Å². The zero-order valence-corrected chi connectivity index (χ0v) is 14.4. The standard InChI is InChI=1S/C17H20NO5P/c1-18(16-8-4-3-5-9-16)17-10-6-7-14(11-17)15(12-19)13-23-24(20,21)22-2/h3-12,15H,13H2,1-2H3,(H,20,21). The zero-order chi connectivity index (χ0) is 17.6. The summed E-state index contributed by atoms with van der Waals surface area (Å²) < 4.78 is 20.5. The molecule has 0 radical (unpaired) electrons. The molecule has 2 atom stereocenters. The first-order valence-electron chi connectivity index (χ1n) is 7.34. The number of benzene rings is 2. The average molecular weight is 349 g/mol. The number of phosphoric ester groups is 1. The molecule has 1 N–H and O–H groups in total. The molecule has 0 saturated heterocycles. The van der Waals surface area contributed by atoms with Gasteiger partial charge in [-0.2, -0.15) is 0 Å². The zero-order valence-electron chi connectivity index (χ0n) is 13.5. The van der Waals surface area contributed by atoms with Crippen LogP contribution in [0.15, 0.2) is 54.6 Å². The highest BCUT2D eigenvalue weighted by Gasteiger charge is 2.22. The summed E-state index contributed by atoms with van der Waals surface area (Å²) in [5.74, 6) is -0.662. The molecule has 0 spiro atoms. The van der Waals surface area contributed by atoms with Crippen LogP contribution in [0.5, 0.6) is 0 Å². The quantitative estimate of drug-likeness (QED) is 0.581. The molecule has 0 aliphatic carbocycles. The molecule has 0 aromatic heterocycles. The second-order valence-electron chi connectivity index (χ2n) is 5.18. The van der Waals surface area contributed by atoms with E-state index in [2.05, 4.69) is 4.52 Å². The van der Waals surface area contributed by atoms with Gasteiger partial charge in [0.15, 0.2) is 0 Å². The number of phosphoric acid groups is 1. The van der Waals surface area contributed by atoms with E-state index in [1.165, 1.54) is 0 Å². The Morgan fingerprint density at radius 3 is 2.46 bits per heavy atom. The second kappa shape index (κ2) is 8.22. The molecule has 6 nitrogen and oxygen atoms in total. The van der Waals surface area contributed by atoms with Crippen molar-refractivity contribution in [1.82, 2.24) is 0 Å². The van der Waals surface area contributed by atoms with Gasteiger partial charge in [-0.15, -0.1) is 0 Å². The summed E-state index contributed by atoms with van der Waals surface area (Å²) in [4.78, 5) is 22.6. The van der Waals surface area contributed by atoms with Crippen molar-refractivity contribution >= 4 is 25.5 Å². The van der Waals surface area contributed by atoms with Crippen molar-refractivity contribution in [2.45, 2.75) is 5.92 Å². The van der Waals surface area contributed by atoms with Gasteiger partial charge in [-0.3, -0.25) is 9.05 Å². The Hall–Kier alpha value is -1.98. The lowest BCUT2D eigenvalue weighted by Crippen LogP contribution is -2.12.